The van der Waals surface area contributed by atoms with Gasteiger partial charge in [0, 0.05) is 23.9 Å². The number of hydrogen-bond donors (Lipinski definition) is 5. The molecule has 1 unspecified atom stereocenters. The largest absolute Gasteiger partial charge is 0.469 e. The van der Waals surface area contributed by atoms with Gasteiger partial charge in [0.15, 0.2) is 0 Å². The summed E-state index contributed by atoms with van der Waals surface area (Å²) >= 11 is 3.56. The van der Waals surface area contributed by atoms with E-state index in [1.165, 1.54) is 4.90 Å². The molecular formula is C42H59BrN6O10. The summed E-state index contributed by atoms with van der Waals surface area (Å²) < 4.78 is 16.4. The first-order valence-electron chi connectivity index (χ1n) is 20.5. The van der Waals surface area contributed by atoms with E-state index in [1.807, 2.05) is 24.3 Å². The lowest BCUT2D eigenvalue weighted by Gasteiger charge is -2.31. The molecule has 1 aromatic carbocycles. The molecule has 2 aromatic rings. The molecule has 0 radical (unpaired) electrons. The van der Waals surface area contributed by atoms with Crippen molar-refractivity contribution in [3.05, 3.63) is 34.4 Å². The molecule has 5 N–H and O–H groups in total. The van der Waals surface area contributed by atoms with Gasteiger partial charge in [-0.25, -0.2) is 9.59 Å². The second-order valence-corrected chi connectivity index (χ2v) is 18.6. The molecule has 1 saturated heterocycles. The second-order valence-electron chi connectivity index (χ2n) is 17.8. The van der Waals surface area contributed by atoms with Gasteiger partial charge in [-0.2, -0.15) is 0 Å². The number of likely N-dealkylation sites (tertiary alicyclic amines) is 1. The number of carbonyl (C=O) groups excluding carboxylic acids is 7. The van der Waals surface area contributed by atoms with Crippen molar-refractivity contribution in [2.75, 3.05) is 13.7 Å². The van der Waals surface area contributed by atoms with Crippen LogP contribution >= 0.6 is 15.9 Å². The van der Waals surface area contributed by atoms with E-state index in [2.05, 4.69) is 42.2 Å². The van der Waals surface area contributed by atoms with Crippen molar-refractivity contribution in [1.82, 2.24) is 31.2 Å². The van der Waals surface area contributed by atoms with Crippen LogP contribution in [0.3, 0.4) is 0 Å². The number of carbonyl (C=O) groups is 7. The average Bonchev–Trinajstić information content (AvgIpc) is 3.49. The van der Waals surface area contributed by atoms with Crippen molar-refractivity contribution >= 4 is 68.5 Å². The third-order valence-electron chi connectivity index (χ3n) is 10.7. The monoisotopic (exact) mass is 886 g/mol. The van der Waals surface area contributed by atoms with Gasteiger partial charge >= 0.3 is 18.0 Å². The second kappa shape index (κ2) is 19.1. The molecule has 5 amide bonds. The molecule has 5 atom stereocenters. The highest BCUT2D eigenvalue weighted by atomic mass is 79.9. The summed E-state index contributed by atoms with van der Waals surface area (Å²) in [5, 5.41) is 12.1. The fraction of sp³-hybridized carbons (Fsp3) is 0.643. The standard InChI is InChI=1S/C42H59BrN6O10/c1-41(2,3)58-39(55)29(22-31(50)57-7)46-35(51)28(21-26-25-15-10-11-16-27(25)44-34(26)43)45-37(53)33(24-18-19-24)48-38(54)32(23-13-8-9-14-23)47-36(52)30-17-12-20-49(30)40(56)59-42(4,5)6/h10-11,15-16,23-24,28-30,32-33,44H,8-9,12-14,17-22H2,1-7H3,(H,45,53)(H,46,51)(H,47,52)(H,48,54)/t28-,29-,30+,32-,33?/m1/s1. The predicted octanol–water partition coefficient (Wildman–Crippen LogP) is 4.32. The minimum Gasteiger partial charge on any atom is -0.469 e. The van der Waals surface area contributed by atoms with E-state index in [1.54, 1.807) is 41.5 Å². The van der Waals surface area contributed by atoms with E-state index in [0.29, 0.717) is 55.2 Å². The quantitative estimate of drug-likeness (QED) is 0.126. The van der Waals surface area contributed by atoms with Crippen molar-refractivity contribution < 1.29 is 47.8 Å². The first-order chi connectivity index (χ1) is 27.7. The minimum atomic E-state index is -1.43. The molecule has 3 fully saturated rings. The fourth-order valence-electron chi connectivity index (χ4n) is 7.72. The Labute approximate surface area is 353 Å². The number of para-hydroxylation sites is 1. The molecule has 3 aliphatic rings. The van der Waals surface area contributed by atoms with Crippen molar-refractivity contribution in [2.24, 2.45) is 11.8 Å². The smallest absolute Gasteiger partial charge is 0.410 e. The van der Waals surface area contributed by atoms with Gasteiger partial charge in [0.05, 0.1) is 18.1 Å². The summed E-state index contributed by atoms with van der Waals surface area (Å²) in [7, 11) is 1.16. The molecule has 16 nitrogen and oxygen atoms in total. The number of hydrogen-bond acceptors (Lipinski definition) is 10. The van der Waals surface area contributed by atoms with Gasteiger partial charge in [0.1, 0.15) is 41.4 Å². The van der Waals surface area contributed by atoms with Crippen molar-refractivity contribution in [3.63, 3.8) is 0 Å². The van der Waals surface area contributed by atoms with E-state index < -0.39 is 89.5 Å². The highest BCUT2D eigenvalue weighted by Gasteiger charge is 2.44. The van der Waals surface area contributed by atoms with Crippen molar-refractivity contribution in [2.45, 2.75) is 147 Å². The van der Waals surface area contributed by atoms with Gasteiger partial charge in [-0.15, -0.1) is 0 Å². The summed E-state index contributed by atoms with van der Waals surface area (Å²) in [6, 6.07) is 1.89. The Morgan fingerprint density at radius 1 is 0.763 bits per heavy atom. The van der Waals surface area contributed by atoms with E-state index >= 15 is 0 Å². The van der Waals surface area contributed by atoms with Crippen LogP contribution in [0.4, 0.5) is 4.79 Å². The maximum absolute atomic E-state index is 14.4. The Balaban J connectivity index is 1.38. The molecule has 2 aliphatic carbocycles. The Bertz CT molecular complexity index is 1890. The molecule has 0 spiro atoms. The Hall–Kier alpha value is -4.67. The van der Waals surface area contributed by atoms with Crippen LogP contribution in [-0.2, 0) is 49.4 Å². The predicted molar refractivity (Wildman–Crippen MR) is 221 cm³/mol. The number of nitrogens with one attached hydrogen (secondary N) is 5. The molecule has 324 valence electrons. The Kier molecular flexibility index (Phi) is 14.7. The number of rotatable bonds is 15. The number of halogens is 1. The number of aromatic amines is 1. The van der Waals surface area contributed by atoms with Crippen LogP contribution < -0.4 is 21.3 Å². The van der Waals surface area contributed by atoms with E-state index in [-0.39, 0.29) is 18.3 Å². The van der Waals surface area contributed by atoms with Crippen molar-refractivity contribution in [1.29, 1.82) is 0 Å². The van der Waals surface area contributed by atoms with E-state index in [4.69, 9.17) is 14.2 Å². The van der Waals surface area contributed by atoms with E-state index in [9.17, 15) is 33.6 Å². The number of benzene rings is 1. The van der Waals surface area contributed by atoms with Crippen molar-refractivity contribution in [3.8, 4) is 0 Å². The summed E-state index contributed by atoms with van der Waals surface area (Å²) in [5.41, 5.74) is -0.225. The number of H-pyrrole nitrogens is 1. The van der Waals surface area contributed by atoms with Gasteiger partial charge < -0.3 is 40.5 Å². The highest BCUT2D eigenvalue weighted by molar-refractivity contribution is 9.10. The van der Waals surface area contributed by atoms with Gasteiger partial charge in [-0.3, -0.25) is 28.9 Å². The number of aromatic nitrogens is 1. The number of fused-ring (bicyclic) bond motifs is 1. The molecule has 1 aliphatic heterocycles. The molecule has 2 saturated carbocycles. The van der Waals surface area contributed by atoms with Crippen LogP contribution in [-0.4, -0.2) is 107 Å². The third kappa shape index (κ3) is 12.4. The number of nitrogens with zero attached hydrogens (tertiary/aromatic N) is 1. The number of methoxy groups -OCH3 is 1. The van der Waals surface area contributed by atoms with Gasteiger partial charge in [-0.1, -0.05) is 31.0 Å². The third-order valence-corrected chi connectivity index (χ3v) is 11.4. The summed E-state index contributed by atoms with van der Waals surface area (Å²) in [6.45, 7) is 10.6. The van der Waals surface area contributed by atoms with Crippen LogP contribution in [0.15, 0.2) is 28.9 Å². The average molecular weight is 888 g/mol. The first-order valence-corrected chi connectivity index (χ1v) is 21.3. The molecule has 59 heavy (non-hydrogen) atoms. The van der Waals surface area contributed by atoms with Crippen LogP contribution in [0.2, 0.25) is 0 Å². The lowest BCUT2D eigenvalue weighted by Crippen LogP contribution is -2.60. The van der Waals surface area contributed by atoms with Crippen LogP contribution in [0, 0.1) is 11.8 Å². The van der Waals surface area contributed by atoms with Gasteiger partial charge in [0.2, 0.25) is 23.6 Å². The Morgan fingerprint density at radius 3 is 1.98 bits per heavy atom. The number of amides is 5. The van der Waals surface area contributed by atoms with Gasteiger partial charge in [-0.05, 0) is 119 Å². The lowest BCUT2D eigenvalue weighted by molar-refractivity contribution is -0.161. The molecule has 5 rings (SSSR count). The zero-order chi connectivity index (χ0) is 43.2. The zero-order valence-electron chi connectivity index (χ0n) is 35.0. The van der Waals surface area contributed by atoms with Crippen LogP contribution in [0.1, 0.15) is 105 Å². The van der Waals surface area contributed by atoms with Crippen LogP contribution in [0.5, 0.6) is 0 Å². The number of esters is 2. The molecule has 1 aromatic heterocycles. The fourth-order valence-corrected chi connectivity index (χ4v) is 8.31. The highest BCUT2D eigenvalue weighted by Crippen LogP contribution is 2.34. The van der Waals surface area contributed by atoms with E-state index in [0.717, 1.165) is 30.9 Å². The Morgan fingerprint density at radius 2 is 1.36 bits per heavy atom. The lowest BCUT2D eigenvalue weighted by atomic mass is 9.96. The van der Waals surface area contributed by atoms with Crippen LogP contribution in [0.25, 0.3) is 10.9 Å². The molecule has 0 bridgehead atoms. The first kappa shape index (κ1) is 45.4. The molecule has 17 heteroatoms. The zero-order valence-corrected chi connectivity index (χ0v) is 36.6. The topological polar surface area (TPSA) is 214 Å². The summed E-state index contributed by atoms with van der Waals surface area (Å²) in [5.74, 6) is -4.40. The summed E-state index contributed by atoms with van der Waals surface area (Å²) in [4.78, 5) is 99.9. The maximum atomic E-state index is 14.4. The van der Waals surface area contributed by atoms with Gasteiger partial charge in [0.25, 0.3) is 0 Å². The molecule has 2 heterocycles. The summed E-state index contributed by atoms with van der Waals surface area (Å²) in [6.07, 6.45) is 4.33. The maximum Gasteiger partial charge on any atom is 0.410 e. The minimum absolute atomic E-state index is 0.0386. The SMILES string of the molecule is COC(=O)C[C@@H](NC(=O)[C@@H](Cc1c(Br)[nH]c2ccccc12)NC(=O)C(NC(=O)[C@H](NC(=O)[C@@H]1CCCN1C(=O)OC(C)(C)C)C1CCCC1)C1CC1)C(=O)OC(C)(C)C. The molecular weight excluding hydrogens is 828 g/mol. The normalized spacial score (nSPS) is 19.3. The number of ether oxygens (including phenoxy) is 3.